The van der Waals surface area contributed by atoms with Crippen molar-refractivity contribution in [2.45, 2.75) is 38.8 Å². The zero-order chi connectivity index (χ0) is 13.1. The van der Waals surface area contributed by atoms with Gasteiger partial charge in [-0.05, 0) is 30.4 Å². The van der Waals surface area contributed by atoms with Crippen LogP contribution in [0.3, 0.4) is 0 Å². The van der Waals surface area contributed by atoms with Crippen molar-refractivity contribution in [1.29, 1.82) is 0 Å². The second-order valence-electron chi connectivity index (χ2n) is 4.77. The molecule has 0 N–H and O–H groups in total. The first-order chi connectivity index (χ1) is 7.82. The highest BCUT2D eigenvalue weighted by molar-refractivity contribution is 7.80. The number of amides is 1. The molecule has 6 heteroatoms. The van der Waals surface area contributed by atoms with Gasteiger partial charge in [0.1, 0.15) is 6.54 Å². The zero-order valence-electron chi connectivity index (χ0n) is 9.89. The molecule has 0 aromatic rings. The van der Waals surface area contributed by atoms with Crippen LogP contribution in [0.4, 0.5) is 13.2 Å². The highest BCUT2D eigenvalue weighted by Gasteiger charge is 2.44. The van der Waals surface area contributed by atoms with E-state index in [0.717, 1.165) is 17.7 Å². The Kier molecular flexibility index (Phi) is 4.75. The normalized spacial score (nSPS) is 17.9. The fraction of sp³-hybridized carbons (Fsp3) is 0.909. The Bertz CT molecular complexity index is 276. The summed E-state index contributed by atoms with van der Waals surface area (Å²) < 4.78 is 36.9. The molecule has 0 spiro atoms. The molecule has 0 atom stereocenters. The molecule has 100 valence electrons. The third-order valence-electron chi connectivity index (χ3n) is 3.04. The molecule has 1 fully saturated rings. The van der Waals surface area contributed by atoms with Gasteiger partial charge >= 0.3 is 6.18 Å². The molecule has 17 heavy (non-hydrogen) atoms. The monoisotopic (exact) mass is 269 g/mol. The summed E-state index contributed by atoms with van der Waals surface area (Å²) in [5.74, 6) is 0.181. The van der Waals surface area contributed by atoms with Gasteiger partial charge in [-0.3, -0.25) is 4.79 Å². The van der Waals surface area contributed by atoms with Gasteiger partial charge in [-0.1, -0.05) is 6.92 Å². The predicted octanol–water partition coefficient (Wildman–Crippen LogP) is 2.89. The van der Waals surface area contributed by atoms with Crippen LogP contribution in [0, 0.1) is 5.41 Å². The standard InChI is InChI=1S/C11H18F3NOS/c1-2-5-15(7-11(12,13)14)9(16)6-10(8-17)3-4-10/h17H,2-8H2,1H3. The quantitative estimate of drug-likeness (QED) is 0.735. The Morgan fingerprint density at radius 2 is 2.00 bits per heavy atom. The molecular weight excluding hydrogens is 251 g/mol. The van der Waals surface area contributed by atoms with E-state index >= 15 is 0 Å². The van der Waals surface area contributed by atoms with Crippen LogP contribution in [0.15, 0.2) is 0 Å². The second kappa shape index (κ2) is 5.50. The first kappa shape index (κ1) is 14.7. The van der Waals surface area contributed by atoms with E-state index in [2.05, 4.69) is 12.6 Å². The van der Waals surface area contributed by atoms with E-state index in [-0.39, 0.29) is 18.4 Å². The Labute approximate surface area is 105 Å². The molecular formula is C11H18F3NOS. The van der Waals surface area contributed by atoms with Gasteiger partial charge in [0.15, 0.2) is 0 Å². The number of rotatable bonds is 6. The number of carbonyl (C=O) groups is 1. The van der Waals surface area contributed by atoms with Crippen molar-refractivity contribution < 1.29 is 18.0 Å². The van der Waals surface area contributed by atoms with Crippen LogP contribution in [-0.4, -0.2) is 35.8 Å². The molecule has 1 saturated carbocycles. The molecule has 1 aliphatic rings. The van der Waals surface area contributed by atoms with Crippen molar-refractivity contribution in [2.75, 3.05) is 18.8 Å². The summed E-state index contributed by atoms with van der Waals surface area (Å²) >= 11 is 4.15. The van der Waals surface area contributed by atoms with Crippen LogP contribution in [0.25, 0.3) is 0 Å². The van der Waals surface area contributed by atoms with Gasteiger partial charge in [0.05, 0.1) is 0 Å². The lowest BCUT2D eigenvalue weighted by Gasteiger charge is -2.25. The van der Waals surface area contributed by atoms with E-state index in [0.29, 0.717) is 12.2 Å². The van der Waals surface area contributed by atoms with Gasteiger partial charge in [0, 0.05) is 13.0 Å². The first-order valence-electron chi connectivity index (χ1n) is 5.77. The van der Waals surface area contributed by atoms with E-state index in [1.807, 2.05) is 0 Å². The van der Waals surface area contributed by atoms with E-state index in [1.165, 1.54) is 0 Å². The molecule has 1 aliphatic carbocycles. The van der Waals surface area contributed by atoms with E-state index in [4.69, 9.17) is 0 Å². The summed E-state index contributed by atoms with van der Waals surface area (Å²) in [6.45, 7) is 0.797. The third kappa shape index (κ3) is 4.77. The lowest BCUT2D eigenvalue weighted by atomic mass is 10.0. The SMILES string of the molecule is CCCN(CC(F)(F)F)C(=O)CC1(CS)CC1. The van der Waals surface area contributed by atoms with Crippen LogP contribution in [0.1, 0.15) is 32.6 Å². The topological polar surface area (TPSA) is 20.3 Å². The number of thiol groups is 1. The van der Waals surface area contributed by atoms with Gasteiger partial charge < -0.3 is 4.90 Å². The first-order valence-corrected chi connectivity index (χ1v) is 6.40. The summed E-state index contributed by atoms with van der Waals surface area (Å²) in [4.78, 5) is 12.7. The average Bonchev–Trinajstić information content (AvgIpc) is 2.96. The van der Waals surface area contributed by atoms with Crippen molar-refractivity contribution in [2.24, 2.45) is 5.41 Å². The Morgan fingerprint density at radius 3 is 2.35 bits per heavy atom. The Morgan fingerprint density at radius 1 is 1.41 bits per heavy atom. The van der Waals surface area contributed by atoms with Gasteiger partial charge in [0.2, 0.25) is 5.91 Å². The van der Waals surface area contributed by atoms with E-state index in [9.17, 15) is 18.0 Å². The van der Waals surface area contributed by atoms with Gasteiger partial charge in [-0.15, -0.1) is 0 Å². The third-order valence-corrected chi connectivity index (χ3v) is 3.71. The number of halogens is 3. The molecule has 0 aromatic heterocycles. The minimum Gasteiger partial charge on any atom is -0.334 e. The summed E-state index contributed by atoms with van der Waals surface area (Å²) in [7, 11) is 0. The van der Waals surface area contributed by atoms with Gasteiger partial charge in [-0.2, -0.15) is 25.8 Å². The minimum absolute atomic E-state index is 0.127. The van der Waals surface area contributed by atoms with E-state index < -0.39 is 18.6 Å². The minimum atomic E-state index is -4.32. The largest absolute Gasteiger partial charge is 0.406 e. The molecule has 0 unspecified atom stereocenters. The van der Waals surface area contributed by atoms with Crippen molar-refractivity contribution in [1.82, 2.24) is 4.90 Å². The molecule has 1 rings (SSSR count). The Balaban J connectivity index is 2.54. The predicted molar refractivity (Wildman–Crippen MR) is 63.1 cm³/mol. The van der Waals surface area contributed by atoms with Crippen LogP contribution >= 0.6 is 12.6 Å². The molecule has 0 aromatic carbocycles. The Hall–Kier alpha value is -0.390. The van der Waals surface area contributed by atoms with Crippen LogP contribution in [0.5, 0.6) is 0 Å². The lowest BCUT2D eigenvalue weighted by Crippen LogP contribution is -2.40. The number of hydrogen-bond donors (Lipinski definition) is 1. The fourth-order valence-corrected chi connectivity index (χ4v) is 2.21. The maximum atomic E-state index is 12.3. The molecule has 0 heterocycles. The highest BCUT2D eigenvalue weighted by atomic mass is 32.1. The highest BCUT2D eigenvalue weighted by Crippen LogP contribution is 2.49. The number of nitrogens with zero attached hydrogens (tertiary/aromatic N) is 1. The summed E-state index contributed by atoms with van der Waals surface area (Å²) in [6, 6.07) is 0. The van der Waals surface area contributed by atoms with Crippen LogP contribution in [0.2, 0.25) is 0 Å². The maximum absolute atomic E-state index is 12.3. The number of hydrogen-bond acceptors (Lipinski definition) is 2. The number of carbonyl (C=O) groups excluding carboxylic acids is 1. The number of alkyl halides is 3. The molecule has 0 saturated heterocycles. The zero-order valence-corrected chi connectivity index (χ0v) is 10.8. The molecule has 0 radical (unpaired) electrons. The summed E-state index contributed by atoms with van der Waals surface area (Å²) in [5, 5.41) is 0. The second-order valence-corrected chi connectivity index (χ2v) is 5.08. The fourth-order valence-electron chi connectivity index (χ4n) is 1.78. The van der Waals surface area contributed by atoms with E-state index in [1.54, 1.807) is 6.92 Å². The van der Waals surface area contributed by atoms with Gasteiger partial charge in [-0.25, -0.2) is 0 Å². The summed E-state index contributed by atoms with van der Waals surface area (Å²) in [6.07, 6.45) is -1.78. The average molecular weight is 269 g/mol. The van der Waals surface area contributed by atoms with Crippen molar-refractivity contribution in [3.63, 3.8) is 0 Å². The molecule has 0 aliphatic heterocycles. The summed E-state index contributed by atoms with van der Waals surface area (Å²) in [5.41, 5.74) is -0.127. The van der Waals surface area contributed by atoms with Crippen LogP contribution < -0.4 is 0 Å². The molecule has 0 bridgehead atoms. The van der Waals surface area contributed by atoms with Gasteiger partial charge in [0.25, 0.3) is 0 Å². The smallest absolute Gasteiger partial charge is 0.334 e. The van der Waals surface area contributed by atoms with Crippen molar-refractivity contribution in [3.8, 4) is 0 Å². The van der Waals surface area contributed by atoms with Crippen molar-refractivity contribution >= 4 is 18.5 Å². The van der Waals surface area contributed by atoms with Crippen molar-refractivity contribution in [3.05, 3.63) is 0 Å². The maximum Gasteiger partial charge on any atom is 0.406 e. The molecule has 2 nitrogen and oxygen atoms in total. The van der Waals surface area contributed by atoms with Crippen LogP contribution in [-0.2, 0) is 4.79 Å². The molecule has 1 amide bonds. The lowest BCUT2D eigenvalue weighted by molar-refractivity contribution is -0.161.